The smallest absolute Gasteiger partial charge is 0.183 e. The van der Waals surface area contributed by atoms with Crippen molar-refractivity contribution in [2.45, 2.75) is 38.6 Å². The summed E-state index contributed by atoms with van der Waals surface area (Å²) in [7, 11) is 1.64. The van der Waals surface area contributed by atoms with Crippen LogP contribution in [0.5, 0.6) is 0 Å². The molecular formula is C13H20O2. The lowest BCUT2D eigenvalue weighted by molar-refractivity contribution is -0.166. The normalized spacial score (nSPS) is 31.3. The van der Waals surface area contributed by atoms with E-state index in [1.54, 1.807) is 7.11 Å². The Morgan fingerprint density at radius 2 is 2.33 bits per heavy atom. The van der Waals surface area contributed by atoms with Gasteiger partial charge in [0.25, 0.3) is 0 Å². The highest BCUT2D eigenvalue weighted by Gasteiger charge is 2.34. The molecule has 0 saturated heterocycles. The van der Waals surface area contributed by atoms with Crippen LogP contribution in [0.3, 0.4) is 0 Å². The number of hydrogen-bond donors (Lipinski definition) is 0. The highest BCUT2D eigenvalue weighted by Crippen LogP contribution is 2.35. The summed E-state index contributed by atoms with van der Waals surface area (Å²) >= 11 is 0. The van der Waals surface area contributed by atoms with Crippen LogP contribution in [-0.2, 0) is 9.47 Å². The Hall–Kier alpha value is -0.860. The van der Waals surface area contributed by atoms with E-state index in [4.69, 9.17) is 9.47 Å². The zero-order valence-corrected chi connectivity index (χ0v) is 9.88. The van der Waals surface area contributed by atoms with Crippen molar-refractivity contribution in [2.75, 3.05) is 7.11 Å². The molecule has 1 heterocycles. The third-order valence-corrected chi connectivity index (χ3v) is 2.95. The molecule has 0 saturated carbocycles. The Morgan fingerprint density at radius 1 is 1.67 bits per heavy atom. The largest absolute Gasteiger partial charge is 0.352 e. The molecule has 0 N–H and O–H groups in total. The molecule has 1 aliphatic rings. The molecule has 0 amide bonds. The number of rotatable bonds is 4. The molecule has 0 aromatic heterocycles. The van der Waals surface area contributed by atoms with Crippen molar-refractivity contribution in [1.82, 2.24) is 0 Å². The van der Waals surface area contributed by atoms with Crippen molar-refractivity contribution in [3.63, 3.8) is 0 Å². The van der Waals surface area contributed by atoms with E-state index in [0.29, 0.717) is 0 Å². The summed E-state index contributed by atoms with van der Waals surface area (Å²) in [5.41, 5.74) is 1.82. The first-order valence-corrected chi connectivity index (χ1v) is 5.22. The van der Waals surface area contributed by atoms with Gasteiger partial charge in [-0.1, -0.05) is 18.7 Å². The third-order valence-electron chi connectivity index (χ3n) is 2.95. The molecule has 1 aliphatic heterocycles. The van der Waals surface area contributed by atoms with E-state index in [1.165, 1.54) is 5.57 Å². The Labute approximate surface area is 92.3 Å². The molecule has 0 bridgehead atoms. The summed E-state index contributed by atoms with van der Waals surface area (Å²) in [6.45, 7) is 11.8. The molecule has 15 heavy (non-hydrogen) atoms. The summed E-state index contributed by atoms with van der Waals surface area (Å²) in [4.78, 5) is 0. The van der Waals surface area contributed by atoms with Gasteiger partial charge in [-0.25, -0.2) is 0 Å². The standard InChI is InChI=1S/C13H20O2/c1-6-7-8-13(4)11(3)9-10(2)12(14-5)15-13/h6,9,12H,1-2,7-8H2,3-5H3/t12?,13-/m1/s1. The number of allylic oxidation sites excluding steroid dienone is 1. The van der Waals surface area contributed by atoms with Crippen molar-refractivity contribution in [3.8, 4) is 0 Å². The number of hydrogen-bond acceptors (Lipinski definition) is 2. The molecule has 0 radical (unpaired) electrons. The topological polar surface area (TPSA) is 18.5 Å². The van der Waals surface area contributed by atoms with Crippen LogP contribution in [0.25, 0.3) is 0 Å². The second kappa shape index (κ2) is 4.77. The molecular weight excluding hydrogens is 188 g/mol. The fourth-order valence-electron chi connectivity index (χ4n) is 1.74. The minimum Gasteiger partial charge on any atom is -0.352 e. The zero-order chi connectivity index (χ0) is 11.5. The summed E-state index contributed by atoms with van der Waals surface area (Å²) in [5, 5.41) is 0. The molecule has 2 heteroatoms. The summed E-state index contributed by atoms with van der Waals surface area (Å²) in [6, 6.07) is 0. The SMILES string of the molecule is C=CCC[C@@]1(C)OC(OC)C(=C)C=C1C. The van der Waals surface area contributed by atoms with Gasteiger partial charge in [-0.15, -0.1) is 6.58 Å². The fourth-order valence-corrected chi connectivity index (χ4v) is 1.74. The molecule has 1 unspecified atom stereocenters. The van der Waals surface area contributed by atoms with Gasteiger partial charge in [0, 0.05) is 12.7 Å². The number of methoxy groups -OCH3 is 1. The second-order valence-corrected chi connectivity index (χ2v) is 4.15. The monoisotopic (exact) mass is 208 g/mol. The van der Waals surface area contributed by atoms with Crippen molar-refractivity contribution in [1.29, 1.82) is 0 Å². The van der Waals surface area contributed by atoms with Crippen molar-refractivity contribution >= 4 is 0 Å². The Balaban J connectivity index is 2.85. The molecule has 2 atom stereocenters. The maximum Gasteiger partial charge on any atom is 0.183 e. The van der Waals surface area contributed by atoms with E-state index >= 15 is 0 Å². The average Bonchev–Trinajstić information content (AvgIpc) is 2.21. The van der Waals surface area contributed by atoms with Crippen LogP contribution in [0.1, 0.15) is 26.7 Å². The van der Waals surface area contributed by atoms with Gasteiger partial charge in [-0.2, -0.15) is 0 Å². The average molecular weight is 208 g/mol. The Bertz CT molecular complexity index is 291. The van der Waals surface area contributed by atoms with Gasteiger partial charge in [0.2, 0.25) is 0 Å². The van der Waals surface area contributed by atoms with Crippen molar-refractivity contribution in [3.05, 3.63) is 36.5 Å². The van der Waals surface area contributed by atoms with Crippen LogP contribution in [0, 0.1) is 0 Å². The predicted octanol–water partition coefficient (Wildman–Crippen LogP) is 3.22. The van der Waals surface area contributed by atoms with E-state index in [2.05, 4.69) is 33.1 Å². The van der Waals surface area contributed by atoms with E-state index in [9.17, 15) is 0 Å². The van der Waals surface area contributed by atoms with Crippen molar-refractivity contribution in [2.24, 2.45) is 0 Å². The minimum absolute atomic E-state index is 0.254. The highest BCUT2D eigenvalue weighted by atomic mass is 16.7. The van der Waals surface area contributed by atoms with E-state index < -0.39 is 0 Å². The highest BCUT2D eigenvalue weighted by molar-refractivity contribution is 5.31. The van der Waals surface area contributed by atoms with Gasteiger partial charge in [-0.3, -0.25) is 0 Å². The number of ether oxygens (including phenoxy) is 2. The van der Waals surface area contributed by atoms with Gasteiger partial charge in [-0.05, 0) is 32.3 Å². The molecule has 0 aromatic rings. The summed E-state index contributed by atoms with van der Waals surface area (Å²) < 4.78 is 11.1. The lowest BCUT2D eigenvalue weighted by atomic mass is 9.88. The summed E-state index contributed by atoms with van der Waals surface area (Å²) in [5.74, 6) is 0. The molecule has 1 rings (SSSR count). The quantitative estimate of drug-likeness (QED) is 0.660. The molecule has 84 valence electrons. The van der Waals surface area contributed by atoms with Gasteiger partial charge >= 0.3 is 0 Å². The molecule has 0 fully saturated rings. The van der Waals surface area contributed by atoms with Crippen LogP contribution in [0.4, 0.5) is 0 Å². The van der Waals surface area contributed by atoms with Gasteiger partial charge in [0.05, 0.1) is 5.60 Å². The molecule has 2 nitrogen and oxygen atoms in total. The van der Waals surface area contributed by atoms with Crippen LogP contribution in [0.15, 0.2) is 36.5 Å². The minimum atomic E-state index is -0.316. The van der Waals surface area contributed by atoms with Gasteiger partial charge in [0.15, 0.2) is 6.29 Å². The Kier molecular flexibility index (Phi) is 3.89. The second-order valence-electron chi connectivity index (χ2n) is 4.15. The lowest BCUT2D eigenvalue weighted by Gasteiger charge is -2.38. The first kappa shape index (κ1) is 12.2. The van der Waals surface area contributed by atoms with Crippen LogP contribution >= 0.6 is 0 Å². The van der Waals surface area contributed by atoms with E-state index in [0.717, 1.165) is 18.4 Å². The first-order valence-electron chi connectivity index (χ1n) is 5.22. The van der Waals surface area contributed by atoms with Gasteiger partial charge in [0.1, 0.15) is 0 Å². The third kappa shape index (κ3) is 2.58. The molecule has 0 aliphatic carbocycles. The van der Waals surface area contributed by atoms with Crippen LogP contribution in [-0.4, -0.2) is 19.0 Å². The lowest BCUT2D eigenvalue weighted by Crippen LogP contribution is -2.39. The Morgan fingerprint density at radius 3 is 2.87 bits per heavy atom. The van der Waals surface area contributed by atoms with E-state index in [-0.39, 0.29) is 11.9 Å². The fraction of sp³-hybridized carbons (Fsp3) is 0.538. The van der Waals surface area contributed by atoms with Gasteiger partial charge < -0.3 is 9.47 Å². The molecule has 0 aromatic carbocycles. The predicted molar refractivity (Wildman–Crippen MR) is 62.6 cm³/mol. The zero-order valence-electron chi connectivity index (χ0n) is 9.88. The van der Waals surface area contributed by atoms with Crippen LogP contribution < -0.4 is 0 Å². The van der Waals surface area contributed by atoms with E-state index in [1.807, 2.05) is 6.08 Å². The first-order chi connectivity index (χ1) is 7.03. The van der Waals surface area contributed by atoms with Crippen LogP contribution in [0.2, 0.25) is 0 Å². The maximum absolute atomic E-state index is 5.91. The summed E-state index contributed by atoms with van der Waals surface area (Å²) in [6.07, 6.45) is 5.51. The maximum atomic E-state index is 5.91. The molecule has 0 spiro atoms. The van der Waals surface area contributed by atoms with Crippen molar-refractivity contribution < 1.29 is 9.47 Å².